The van der Waals surface area contributed by atoms with Gasteiger partial charge in [0.2, 0.25) is 5.91 Å². The molecule has 2 aromatic carbocycles. The lowest BCUT2D eigenvalue weighted by atomic mass is 9.97. The lowest BCUT2D eigenvalue weighted by Crippen LogP contribution is -2.34. The van der Waals surface area contributed by atoms with Gasteiger partial charge in [0.1, 0.15) is 0 Å². The molecule has 1 amide bonds. The van der Waals surface area contributed by atoms with E-state index < -0.39 is 0 Å². The van der Waals surface area contributed by atoms with E-state index >= 15 is 0 Å². The topological polar surface area (TPSA) is 20.3 Å². The van der Waals surface area contributed by atoms with Crippen LogP contribution in [0.2, 0.25) is 0 Å². The van der Waals surface area contributed by atoms with Crippen molar-refractivity contribution >= 4 is 21.8 Å². The van der Waals surface area contributed by atoms with Crippen LogP contribution in [0.1, 0.15) is 18.1 Å². The summed E-state index contributed by atoms with van der Waals surface area (Å²) >= 11 is 3.39. The highest BCUT2D eigenvalue weighted by Crippen LogP contribution is 2.32. The summed E-state index contributed by atoms with van der Waals surface area (Å²) < 4.78 is 0. The van der Waals surface area contributed by atoms with Gasteiger partial charge in [0.05, 0.1) is 4.83 Å². The summed E-state index contributed by atoms with van der Waals surface area (Å²) in [4.78, 5) is 14.1. The van der Waals surface area contributed by atoms with Crippen LogP contribution in [0.5, 0.6) is 0 Å². The summed E-state index contributed by atoms with van der Waals surface area (Å²) in [7, 11) is 0. The molecule has 0 aliphatic carbocycles. The second-order valence-corrected chi connectivity index (χ2v) is 6.50. The highest BCUT2D eigenvalue weighted by atomic mass is 79.9. The Morgan fingerprint density at radius 1 is 1.00 bits per heavy atom. The average molecular weight is 330 g/mol. The van der Waals surface area contributed by atoms with Gasteiger partial charge in [-0.25, -0.2) is 0 Å². The van der Waals surface area contributed by atoms with Crippen molar-refractivity contribution in [3.8, 4) is 11.1 Å². The van der Waals surface area contributed by atoms with Crippen molar-refractivity contribution in [2.24, 2.45) is 0 Å². The summed E-state index contributed by atoms with van der Waals surface area (Å²) in [5.74, 6) is 0.136. The number of halogens is 1. The van der Waals surface area contributed by atoms with Crippen LogP contribution in [0.15, 0.2) is 48.5 Å². The maximum absolute atomic E-state index is 12.3. The minimum absolute atomic E-state index is 0.136. The van der Waals surface area contributed by atoms with Crippen LogP contribution in [0.25, 0.3) is 11.1 Å². The van der Waals surface area contributed by atoms with Crippen LogP contribution >= 0.6 is 15.9 Å². The Morgan fingerprint density at radius 3 is 1.90 bits per heavy atom. The monoisotopic (exact) mass is 329 g/mol. The van der Waals surface area contributed by atoms with Crippen molar-refractivity contribution in [2.75, 3.05) is 0 Å². The van der Waals surface area contributed by atoms with Crippen LogP contribution < -0.4 is 0 Å². The molecule has 1 aliphatic heterocycles. The Hall–Kier alpha value is -1.61. The molecule has 0 N–H and O–H groups in total. The highest BCUT2D eigenvalue weighted by Gasteiger charge is 2.24. The summed E-state index contributed by atoms with van der Waals surface area (Å²) in [6, 6.07) is 16.7. The third-order valence-corrected chi connectivity index (χ3v) is 4.09. The van der Waals surface area contributed by atoms with Gasteiger partial charge in [-0.2, -0.15) is 0 Å². The average Bonchev–Trinajstić information content (AvgIpc) is 2.63. The Bertz CT molecular complexity index is 603. The number of carbonyl (C=O) groups is 1. The van der Waals surface area contributed by atoms with E-state index in [0.29, 0.717) is 13.1 Å². The van der Waals surface area contributed by atoms with E-state index in [2.05, 4.69) is 52.3 Å². The third kappa shape index (κ3) is 2.38. The number of fused-ring (bicyclic) bond motifs is 3. The molecule has 1 atom stereocenters. The first-order chi connectivity index (χ1) is 9.66. The van der Waals surface area contributed by atoms with Crippen LogP contribution in [0, 0.1) is 0 Å². The number of carbonyl (C=O) groups excluding carboxylic acids is 1. The van der Waals surface area contributed by atoms with Gasteiger partial charge in [-0.05, 0) is 29.2 Å². The summed E-state index contributed by atoms with van der Waals surface area (Å²) in [5, 5.41) is 0. The minimum Gasteiger partial charge on any atom is -0.333 e. The van der Waals surface area contributed by atoms with E-state index in [0.717, 1.165) is 0 Å². The molecule has 20 heavy (non-hydrogen) atoms. The van der Waals surface area contributed by atoms with Gasteiger partial charge in [-0.1, -0.05) is 64.5 Å². The van der Waals surface area contributed by atoms with Gasteiger partial charge < -0.3 is 4.90 Å². The second-order valence-electron chi connectivity index (χ2n) is 5.12. The van der Waals surface area contributed by atoms with E-state index in [1.807, 2.05) is 24.0 Å². The summed E-state index contributed by atoms with van der Waals surface area (Å²) in [5.41, 5.74) is 4.89. The van der Waals surface area contributed by atoms with Gasteiger partial charge in [-0.3, -0.25) is 4.79 Å². The quantitative estimate of drug-likeness (QED) is 0.724. The van der Waals surface area contributed by atoms with E-state index in [1.165, 1.54) is 22.3 Å². The molecule has 1 aliphatic rings. The molecular formula is C17H16BrNO. The predicted octanol–water partition coefficient (Wildman–Crippen LogP) is 3.98. The molecule has 0 spiro atoms. The van der Waals surface area contributed by atoms with Gasteiger partial charge in [0.15, 0.2) is 0 Å². The Morgan fingerprint density at radius 2 is 1.45 bits per heavy atom. The van der Waals surface area contributed by atoms with Gasteiger partial charge in [-0.15, -0.1) is 0 Å². The first-order valence-electron chi connectivity index (χ1n) is 6.76. The van der Waals surface area contributed by atoms with Crippen molar-refractivity contribution in [2.45, 2.75) is 24.8 Å². The molecule has 1 heterocycles. The number of alkyl halides is 1. The summed E-state index contributed by atoms with van der Waals surface area (Å²) in [6.07, 6.45) is 0. The zero-order valence-corrected chi connectivity index (χ0v) is 12.9. The molecule has 0 saturated heterocycles. The molecule has 0 unspecified atom stereocenters. The van der Waals surface area contributed by atoms with Crippen LogP contribution in [-0.2, 0) is 17.9 Å². The standard InChI is InChI=1S/C17H16BrNO/c1-12(18)17(20)19-10-13-6-2-4-8-15(13)16-9-5-3-7-14(16)11-19/h2-9,12H,10-11H2,1H3/t12-/m0/s1. The van der Waals surface area contributed by atoms with Crippen LogP contribution in [0.4, 0.5) is 0 Å². The van der Waals surface area contributed by atoms with Crippen molar-refractivity contribution in [3.05, 3.63) is 59.7 Å². The third-order valence-electron chi connectivity index (χ3n) is 3.70. The number of hydrogen-bond acceptors (Lipinski definition) is 1. The zero-order chi connectivity index (χ0) is 14.1. The SMILES string of the molecule is C[C@H](Br)C(=O)N1Cc2ccccc2-c2ccccc2C1. The number of nitrogens with zero attached hydrogens (tertiary/aromatic N) is 1. The van der Waals surface area contributed by atoms with Crippen molar-refractivity contribution in [1.29, 1.82) is 0 Å². The van der Waals surface area contributed by atoms with Crippen molar-refractivity contribution < 1.29 is 4.79 Å². The van der Waals surface area contributed by atoms with Crippen LogP contribution in [0.3, 0.4) is 0 Å². The Labute approximate surface area is 127 Å². The molecule has 0 bridgehead atoms. The molecule has 2 nitrogen and oxygen atoms in total. The fraction of sp³-hybridized carbons (Fsp3) is 0.235. The maximum Gasteiger partial charge on any atom is 0.236 e. The van der Waals surface area contributed by atoms with E-state index in [1.54, 1.807) is 0 Å². The van der Waals surface area contributed by atoms with Crippen molar-refractivity contribution in [3.63, 3.8) is 0 Å². The van der Waals surface area contributed by atoms with Crippen molar-refractivity contribution in [1.82, 2.24) is 4.90 Å². The normalized spacial score (nSPS) is 15.0. The second kappa shape index (κ2) is 5.41. The molecule has 3 heteroatoms. The molecule has 0 aromatic heterocycles. The van der Waals surface area contributed by atoms with E-state index in [9.17, 15) is 4.79 Å². The number of hydrogen-bond donors (Lipinski definition) is 0. The Kier molecular flexibility index (Phi) is 3.62. The minimum atomic E-state index is -0.153. The first-order valence-corrected chi connectivity index (χ1v) is 7.67. The molecule has 0 fully saturated rings. The van der Waals surface area contributed by atoms with Gasteiger partial charge in [0.25, 0.3) is 0 Å². The highest BCUT2D eigenvalue weighted by molar-refractivity contribution is 9.10. The van der Waals surface area contributed by atoms with Crippen LogP contribution in [-0.4, -0.2) is 15.6 Å². The smallest absolute Gasteiger partial charge is 0.236 e. The number of benzene rings is 2. The predicted molar refractivity (Wildman–Crippen MR) is 84.5 cm³/mol. The molecular weight excluding hydrogens is 314 g/mol. The fourth-order valence-corrected chi connectivity index (χ4v) is 3.01. The molecule has 0 saturated carbocycles. The molecule has 3 rings (SSSR count). The number of rotatable bonds is 1. The molecule has 0 radical (unpaired) electrons. The van der Waals surface area contributed by atoms with E-state index in [4.69, 9.17) is 0 Å². The summed E-state index contributed by atoms with van der Waals surface area (Å²) in [6.45, 7) is 3.21. The number of amides is 1. The Balaban J connectivity index is 2.12. The maximum atomic E-state index is 12.3. The molecule has 102 valence electrons. The first kappa shape index (κ1) is 13.4. The lowest BCUT2D eigenvalue weighted by Gasteiger charge is -2.22. The zero-order valence-electron chi connectivity index (χ0n) is 11.3. The molecule has 2 aromatic rings. The van der Waals surface area contributed by atoms with E-state index in [-0.39, 0.29) is 10.7 Å². The lowest BCUT2D eigenvalue weighted by molar-refractivity contribution is -0.131. The fourth-order valence-electron chi connectivity index (χ4n) is 2.72. The van der Waals surface area contributed by atoms with Gasteiger partial charge >= 0.3 is 0 Å². The van der Waals surface area contributed by atoms with Gasteiger partial charge in [0, 0.05) is 13.1 Å². The largest absolute Gasteiger partial charge is 0.333 e.